The smallest absolute Gasteiger partial charge is 0.138 e. The first kappa shape index (κ1) is 16.8. The van der Waals surface area contributed by atoms with Crippen LogP contribution < -0.4 is 8.92 Å². The van der Waals surface area contributed by atoms with Crippen molar-refractivity contribution in [1.29, 1.82) is 0 Å². The van der Waals surface area contributed by atoms with E-state index < -0.39 is 10.3 Å². The largest absolute Gasteiger partial charge is 0.489 e. The highest BCUT2D eigenvalue weighted by Gasteiger charge is 2.30. The van der Waals surface area contributed by atoms with Gasteiger partial charge in [0.15, 0.2) is 0 Å². The lowest BCUT2D eigenvalue weighted by atomic mass is 10.2. The summed E-state index contributed by atoms with van der Waals surface area (Å²) in [4.78, 5) is 0. The molecule has 0 aromatic heterocycles. The summed E-state index contributed by atoms with van der Waals surface area (Å²) in [5.74, 6) is 1.71. The van der Waals surface area contributed by atoms with Crippen LogP contribution in [0, 0.1) is 0 Å². The minimum absolute atomic E-state index is 0.133. The molecule has 0 N–H and O–H groups in total. The van der Waals surface area contributed by atoms with Gasteiger partial charge in [0.25, 0.3) is 0 Å². The molecule has 3 heteroatoms. The lowest BCUT2D eigenvalue weighted by Crippen LogP contribution is -2.27. The van der Waals surface area contributed by atoms with E-state index in [0.717, 1.165) is 17.1 Å². The van der Waals surface area contributed by atoms with Gasteiger partial charge < -0.3 is 8.92 Å². The lowest BCUT2D eigenvalue weighted by Gasteiger charge is -2.43. The Hall–Kier alpha value is -1.61. The number of hydrogen-bond donors (Lipinski definition) is 0. The zero-order valence-corrected chi connectivity index (χ0v) is 14.9. The normalized spacial score (nSPS) is 12.8. The van der Waals surface area contributed by atoms with Crippen LogP contribution in [0.3, 0.4) is 0 Å². The van der Waals surface area contributed by atoms with Crippen molar-refractivity contribution in [2.24, 2.45) is 0 Å². The van der Waals surface area contributed by atoms with E-state index in [4.69, 9.17) is 8.92 Å². The van der Waals surface area contributed by atoms with Crippen LogP contribution in [-0.2, 0) is 6.61 Å². The second kappa shape index (κ2) is 6.66. The second-order valence-corrected chi connectivity index (χ2v) is 10.5. The van der Waals surface area contributed by atoms with Crippen molar-refractivity contribution in [3.05, 3.63) is 60.2 Å². The summed E-state index contributed by atoms with van der Waals surface area (Å²) >= 11 is 0. The first-order chi connectivity index (χ1) is 10.3. The summed E-state index contributed by atoms with van der Waals surface area (Å²) in [5.41, 5.74) is 1.16. The van der Waals surface area contributed by atoms with E-state index in [-0.39, 0.29) is 4.75 Å². The fourth-order valence-corrected chi connectivity index (χ4v) is 2.56. The molecule has 22 heavy (non-hydrogen) atoms. The minimum Gasteiger partial charge on any atom is -0.489 e. The maximum Gasteiger partial charge on any atom is 0.138 e. The van der Waals surface area contributed by atoms with E-state index in [1.54, 1.807) is 0 Å². The van der Waals surface area contributed by atoms with Crippen LogP contribution in [-0.4, -0.2) is 17.3 Å². The van der Waals surface area contributed by atoms with Crippen molar-refractivity contribution in [2.75, 3.05) is 12.5 Å². The average molecular weight is 318 g/mol. The predicted molar refractivity (Wildman–Crippen MR) is 97.0 cm³/mol. The third kappa shape index (κ3) is 4.44. The highest BCUT2D eigenvalue weighted by molar-refractivity contribution is 8.30. The molecule has 0 radical (unpaired) electrons. The van der Waals surface area contributed by atoms with Crippen LogP contribution in [0.25, 0.3) is 0 Å². The molecule has 0 aliphatic heterocycles. The Labute approximate surface area is 136 Å². The van der Waals surface area contributed by atoms with Crippen molar-refractivity contribution < 1.29 is 8.92 Å². The molecule has 0 heterocycles. The Morgan fingerprint density at radius 2 is 1.50 bits per heavy atom. The summed E-state index contributed by atoms with van der Waals surface area (Å²) in [6.45, 7) is 7.23. The maximum atomic E-state index is 6.26. The third-order valence-electron chi connectivity index (χ3n) is 3.83. The second-order valence-electron chi connectivity index (χ2n) is 6.68. The van der Waals surface area contributed by atoms with Gasteiger partial charge in [0.05, 0.1) is 0 Å². The van der Waals surface area contributed by atoms with Gasteiger partial charge in [-0.2, -0.15) is 0 Å². The summed E-state index contributed by atoms with van der Waals surface area (Å²) in [6.07, 6.45) is 4.40. The zero-order chi connectivity index (χ0) is 16.2. The van der Waals surface area contributed by atoms with Crippen LogP contribution in [0.2, 0.25) is 0 Å². The zero-order valence-electron chi connectivity index (χ0n) is 14.1. The molecule has 0 aliphatic carbocycles. The van der Waals surface area contributed by atoms with E-state index in [1.165, 1.54) is 0 Å². The average Bonchev–Trinajstić information content (AvgIpc) is 2.45. The fourth-order valence-electron chi connectivity index (χ4n) is 1.72. The number of hydrogen-bond acceptors (Lipinski definition) is 2. The monoisotopic (exact) mass is 318 g/mol. The molecule has 0 saturated heterocycles. The van der Waals surface area contributed by atoms with Gasteiger partial charge in [0.2, 0.25) is 0 Å². The molecule has 0 aliphatic rings. The van der Waals surface area contributed by atoms with Crippen molar-refractivity contribution in [2.45, 2.75) is 32.1 Å². The van der Waals surface area contributed by atoms with E-state index >= 15 is 0 Å². The molecule has 0 fully saturated rings. The quantitative estimate of drug-likeness (QED) is 0.732. The molecule has 0 unspecified atom stereocenters. The third-order valence-corrected chi connectivity index (χ3v) is 7.39. The number of ether oxygens (including phenoxy) is 1. The van der Waals surface area contributed by atoms with Crippen LogP contribution >= 0.6 is 10.3 Å². The van der Waals surface area contributed by atoms with Crippen molar-refractivity contribution >= 4 is 10.3 Å². The molecule has 2 aromatic rings. The van der Waals surface area contributed by atoms with Gasteiger partial charge in [-0.25, -0.2) is 0 Å². The van der Waals surface area contributed by atoms with Crippen LogP contribution in [0.1, 0.15) is 26.3 Å². The van der Waals surface area contributed by atoms with Gasteiger partial charge in [-0.3, -0.25) is 0 Å². The van der Waals surface area contributed by atoms with E-state index in [9.17, 15) is 0 Å². The molecular weight excluding hydrogens is 292 g/mol. The Morgan fingerprint density at radius 1 is 0.864 bits per heavy atom. The molecular formula is C19H26O2S. The van der Waals surface area contributed by atoms with Crippen molar-refractivity contribution in [3.8, 4) is 11.5 Å². The summed E-state index contributed by atoms with van der Waals surface area (Å²) in [6, 6.07) is 18.1. The molecule has 0 amide bonds. The standard InChI is InChI=1S/C19H26O2S/c1-19(2,3)22(4,5)21-18-13-9-12-17(14-18)20-15-16-10-7-6-8-11-16/h6-14H,15H2,1-5H3. The van der Waals surface area contributed by atoms with E-state index in [0.29, 0.717) is 6.61 Å². The van der Waals surface area contributed by atoms with Gasteiger partial charge in [-0.05, 0) is 51.0 Å². The van der Waals surface area contributed by atoms with Crippen LogP contribution in [0.15, 0.2) is 54.6 Å². The maximum absolute atomic E-state index is 6.26. The van der Waals surface area contributed by atoms with E-state index in [1.807, 2.05) is 42.5 Å². The SMILES string of the molecule is CC(C)(C)S(C)(C)Oc1cccc(OCc2ccccc2)c1. The molecule has 2 aromatic carbocycles. The van der Waals surface area contributed by atoms with Gasteiger partial charge in [0.1, 0.15) is 18.1 Å². The van der Waals surface area contributed by atoms with Crippen molar-refractivity contribution in [3.63, 3.8) is 0 Å². The first-order valence-corrected chi connectivity index (χ1v) is 9.84. The van der Waals surface area contributed by atoms with Crippen LogP contribution in [0.4, 0.5) is 0 Å². The molecule has 2 nitrogen and oxygen atoms in total. The molecule has 2 rings (SSSR count). The minimum atomic E-state index is -1.19. The van der Waals surface area contributed by atoms with Gasteiger partial charge in [0, 0.05) is 10.8 Å². The Balaban J connectivity index is 2.04. The Bertz CT molecular complexity index is 600. The first-order valence-electron chi connectivity index (χ1n) is 7.47. The Morgan fingerprint density at radius 3 is 2.14 bits per heavy atom. The fraction of sp³-hybridized carbons (Fsp3) is 0.368. The number of benzene rings is 2. The highest BCUT2D eigenvalue weighted by atomic mass is 32.3. The highest BCUT2D eigenvalue weighted by Crippen LogP contribution is 2.53. The van der Waals surface area contributed by atoms with Gasteiger partial charge >= 0.3 is 0 Å². The molecule has 0 spiro atoms. The van der Waals surface area contributed by atoms with Crippen LogP contribution in [0.5, 0.6) is 11.5 Å². The van der Waals surface area contributed by atoms with Crippen molar-refractivity contribution in [1.82, 2.24) is 0 Å². The van der Waals surface area contributed by atoms with Gasteiger partial charge in [-0.15, -0.1) is 0 Å². The van der Waals surface area contributed by atoms with E-state index in [2.05, 4.69) is 45.4 Å². The summed E-state index contributed by atoms with van der Waals surface area (Å²) < 4.78 is 12.3. The lowest BCUT2D eigenvalue weighted by molar-refractivity contribution is 0.305. The summed E-state index contributed by atoms with van der Waals surface area (Å²) in [7, 11) is -1.19. The van der Waals surface area contributed by atoms with Gasteiger partial charge in [-0.1, -0.05) is 46.7 Å². The topological polar surface area (TPSA) is 18.5 Å². The molecule has 0 atom stereocenters. The molecule has 120 valence electrons. The predicted octanol–water partition coefficient (Wildman–Crippen LogP) is 5.42. The molecule has 0 saturated carbocycles. The Kier molecular flexibility index (Phi) is 5.07. The molecule has 0 bridgehead atoms. The summed E-state index contributed by atoms with van der Waals surface area (Å²) in [5, 5.41) is 0. The number of rotatable bonds is 5.